The highest BCUT2D eigenvalue weighted by atomic mass is 79.9. The van der Waals surface area contributed by atoms with Crippen LogP contribution >= 0.6 is 31.9 Å². The molecule has 0 amide bonds. The number of rotatable bonds is 0. The van der Waals surface area contributed by atoms with Gasteiger partial charge in [0.1, 0.15) is 0 Å². The summed E-state index contributed by atoms with van der Waals surface area (Å²) in [5.41, 5.74) is 0. The number of halogens is 2. The summed E-state index contributed by atoms with van der Waals surface area (Å²) < 4.78 is 2.36. The second-order valence-corrected chi connectivity index (χ2v) is 7.27. The SMILES string of the molecule is Brc1ccc2c3c1cccc3c1c(Br)c3cccccc3c21. The van der Waals surface area contributed by atoms with E-state index in [1.165, 1.54) is 47.6 Å². The minimum atomic E-state index is 1.16. The molecule has 0 heterocycles. The van der Waals surface area contributed by atoms with Gasteiger partial charge in [0.05, 0.1) is 0 Å². The van der Waals surface area contributed by atoms with Gasteiger partial charge < -0.3 is 0 Å². The van der Waals surface area contributed by atoms with Crippen molar-refractivity contribution in [2.75, 3.05) is 0 Å². The van der Waals surface area contributed by atoms with Gasteiger partial charge in [0.15, 0.2) is 0 Å². The van der Waals surface area contributed by atoms with Gasteiger partial charge in [-0.1, -0.05) is 70.5 Å². The van der Waals surface area contributed by atoms with Crippen molar-refractivity contribution in [3.05, 3.63) is 69.6 Å². The molecule has 0 N–H and O–H groups in total. The molecular weight excluding hydrogens is 400 g/mol. The van der Waals surface area contributed by atoms with Crippen LogP contribution in [-0.4, -0.2) is 0 Å². The van der Waals surface area contributed by atoms with Crippen LogP contribution in [0.3, 0.4) is 0 Å². The molecule has 0 saturated carbocycles. The first-order chi connectivity index (χ1) is 10.8. The van der Waals surface area contributed by atoms with Crippen LogP contribution in [0.15, 0.2) is 69.6 Å². The lowest BCUT2D eigenvalue weighted by atomic mass is 10.1. The largest absolute Gasteiger partial charge is 0.0622 e. The third-order valence-electron chi connectivity index (χ3n) is 4.54. The van der Waals surface area contributed by atoms with E-state index in [1.807, 2.05) is 0 Å². The fourth-order valence-electron chi connectivity index (χ4n) is 3.66. The molecule has 0 atom stereocenters. The van der Waals surface area contributed by atoms with Crippen molar-refractivity contribution in [3.8, 4) is 0 Å². The van der Waals surface area contributed by atoms with E-state index in [0.717, 1.165) is 4.47 Å². The highest BCUT2D eigenvalue weighted by Gasteiger charge is 2.19. The lowest BCUT2D eigenvalue weighted by Gasteiger charge is -2.02. The monoisotopic (exact) mass is 408 g/mol. The van der Waals surface area contributed by atoms with E-state index >= 15 is 0 Å². The third-order valence-corrected chi connectivity index (χ3v) is 6.05. The molecule has 0 saturated heterocycles. The maximum Gasteiger partial charge on any atom is 0.0339 e. The van der Waals surface area contributed by atoms with E-state index in [9.17, 15) is 0 Å². The number of fused-ring (bicyclic) bond motifs is 5. The van der Waals surface area contributed by atoms with Crippen LogP contribution in [0.4, 0.5) is 0 Å². The van der Waals surface area contributed by atoms with Gasteiger partial charge in [0, 0.05) is 14.3 Å². The Bertz CT molecular complexity index is 1190. The molecule has 5 aromatic carbocycles. The van der Waals surface area contributed by atoms with Crippen LogP contribution in [0.1, 0.15) is 0 Å². The Labute approximate surface area is 144 Å². The van der Waals surface area contributed by atoms with E-state index in [-0.39, 0.29) is 0 Å². The molecule has 5 aromatic rings. The van der Waals surface area contributed by atoms with Crippen LogP contribution in [0.5, 0.6) is 0 Å². The third kappa shape index (κ3) is 1.47. The molecule has 0 nitrogen and oxygen atoms in total. The van der Waals surface area contributed by atoms with Gasteiger partial charge in [0.25, 0.3) is 0 Å². The van der Waals surface area contributed by atoms with Crippen LogP contribution in [0.25, 0.3) is 43.1 Å². The van der Waals surface area contributed by atoms with Gasteiger partial charge in [-0.25, -0.2) is 0 Å². The Morgan fingerprint density at radius 2 is 1.14 bits per heavy atom. The minimum Gasteiger partial charge on any atom is -0.0622 e. The van der Waals surface area contributed by atoms with Gasteiger partial charge >= 0.3 is 0 Å². The Kier molecular flexibility index (Phi) is 2.59. The van der Waals surface area contributed by atoms with Crippen molar-refractivity contribution in [3.63, 3.8) is 0 Å². The Morgan fingerprint density at radius 1 is 0.455 bits per heavy atom. The first-order valence-electron chi connectivity index (χ1n) is 7.19. The molecule has 0 aliphatic rings. The molecule has 0 radical (unpaired) electrons. The van der Waals surface area contributed by atoms with Crippen LogP contribution in [-0.2, 0) is 0 Å². The highest BCUT2D eigenvalue weighted by molar-refractivity contribution is 9.11. The summed E-state index contributed by atoms with van der Waals surface area (Å²) in [6, 6.07) is 21.7. The zero-order chi connectivity index (χ0) is 14.8. The highest BCUT2D eigenvalue weighted by Crippen LogP contribution is 2.48. The number of hydrogen-bond acceptors (Lipinski definition) is 0. The van der Waals surface area contributed by atoms with E-state index in [2.05, 4.69) is 92.5 Å². The molecule has 0 fully saturated rings. The topological polar surface area (TPSA) is 0 Å². The molecule has 0 aromatic heterocycles. The molecule has 0 spiro atoms. The summed E-state index contributed by atoms with van der Waals surface area (Å²) in [7, 11) is 0. The van der Waals surface area contributed by atoms with E-state index in [4.69, 9.17) is 0 Å². The quantitative estimate of drug-likeness (QED) is 0.252. The Morgan fingerprint density at radius 3 is 2.00 bits per heavy atom. The molecule has 5 rings (SSSR count). The zero-order valence-corrected chi connectivity index (χ0v) is 14.7. The summed E-state index contributed by atoms with van der Waals surface area (Å²) >= 11 is 7.54. The van der Waals surface area contributed by atoms with Gasteiger partial charge in [-0.3, -0.25) is 0 Å². The van der Waals surface area contributed by atoms with Crippen molar-refractivity contribution < 1.29 is 0 Å². The average Bonchev–Trinajstić information content (AvgIpc) is 2.86. The van der Waals surface area contributed by atoms with Crippen LogP contribution < -0.4 is 0 Å². The van der Waals surface area contributed by atoms with Gasteiger partial charge in [0.2, 0.25) is 0 Å². The molecule has 0 aliphatic heterocycles. The van der Waals surface area contributed by atoms with Gasteiger partial charge in [-0.15, -0.1) is 0 Å². The van der Waals surface area contributed by atoms with E-state index < -0.39 is 0 Å². The van der Waals surface area contributed by atoms with Crippen LogP contribution in [0, 0.1) is 0 Å². The first kappa shape index (κ1) is 12.9. The summed E-state index contributed by atoms with van der Waals surface area (Å²) in [6.07, 6.45) is 0. The molecule has 0 bridgehead atoms. The summed E-state index contributed by atoms with van der Waals surface area (Å²) in [4.78, 5) is 0. The van der Waals surface area contributed by atoms with Crippen molar-refractivity contribution in [1.82, 2.24) is 0 Å². The summed E-state index contributed by atoms with van der Waals surface area (Å²) in [5, 5.41) is 10.6. The molecular formula is C20H10Br2. The fourth-order valence-corrected chi connectivity index (χ4v) is 4.88. The van der Waals surface area contributed by atoms with E-state index in [0.29, 0.717) is 0 Å². The zero-order valence-electron chi connectivity index (χ0n) is 11.5. The average molecular weight is 410 g/mol. The molecule has 0 aliphatic carbocycles. The number of hydrogen-bond donors (Lipinski definition) is 0. The van der Waals surface area contributed by atoms with Crippen molar-refractivity contribution in [1.29, 1.82) is 0 Å². The summed E-state index contributed by atoms with van der Waals surface area (Å²) in [5.74, 6) is 0. The second kappa shape index (κ2) is 4.43. The van der Waals surface area contributed by atoms with Crippen molar-refractivity contribution in [2.24, 2.45) is 0 Å². The minimum absolute atomic E-state index is 1.16. The van der Waals surface area contributed by atoms with E-state index in [1.54, 1.807) is 0 Å². The van der Waals surface area contributed by atoms with Gasteiger partial charge in [-0.05, 0) is 59.7 Å². The van der Waals surface area contributed by atoms with Crippen molar-refractivity contribution >= 4 is 74.9 Å². The smallest absolute Gasteiger partial charge is 0.0339 e. The second-order valence-electron chi connectivity index (χ2n) is 5.63. The fraction of sp³-hybridized carbons (Fsp3) is 0. The lowest BCUT2D eigenvalue weighted by Crippen LogP contribution is -1.74. The standard InChI is InChI=1S/C20H10Br2/c21-16-10-9-15-17-13(16)7-4-8-14(17)19-18(15)11-5-2-1-3-6-12(11)20(19)22/h1-10H. The predicted molar refractivity (Wildman–Crippen MR) is 103 cm³/mol. The van der Waals surface area contributed by atoms with Gasteiger partial charge in [-0.2, -0.15) is 0 Å². The van der Waals surface area contributed by atoms with Crippen LogP contribution in [0.2, 0.25) is 0 Å². The molecule has 2 heteroatoms. The summed E-state index contributed by atoms with van der Waals surface area (Å²) in [6.45, 7) is 0. The van der Waals surface area contributed by atoms with Crippen molar-refractivity contribution in [2.45, 2.75) is 0 Å². The molecule has 104 valence electrons. The number of benzene rings is 2. The normalized spacial score (nSPS) is 12.1. The first-order valence-corrected chi connectivity index (χ1v) is 8.78. The Balaban J connectivity index is 2.24. The Hall–Kier alpha value is -1.64. The molecule has 22 heavy (non-hydrogen) atoms. The maximum atomic E-state index is 3.85. The lowest BCUT2D eigenvalue weighted by molar-refractivity contribution is 1.79. The predicted octanol–water partition coefficient (Wildman–Crippen LogP) is 7.26. The maximum absolute atomic E-state index is 3.85. The molecule has 0 unspecified atom stereocenters.